The molecule has 0 unspecified atom stereocenters. The third kappa shape index (κ3) is 3.99. The minimum atomic E-state index is -0.368. The van der Waals surface area contributed by atoms with E-state index in [2.05, 4.69) is 10.6 Å². The van der Waals surface area contributed by atoms with Crippen LogP contribution in [0.4, 0.5) is 0 Å². The van der Waals surface area contributed by atoms with Gasteiger partial charge in [0.05, 0.1) is 18.2 Å². The van der Waals surface area contributed by atoms with Gasteiger partial charge >= 0.3 is 5.97 Å². The number of allylic oxidation sites excluding steroid dienone is 1. The number of esters is 1. The molecule has 6 heteroatoms. The van der Waals surface area contributed by atoms with Crippen LogP contribution in [0.2, 0.25) is 5.02 Å². The molecule has 0 saturated carbocycles. The minimum absolute atomic E-state index is 0.278. The standard InChI is InChI=1S/C16H19ClN2O2S/c1-9(2)8-21-15(20)13-10(3)18-16(22)19-14(13)11-5-4-6-12(17)7-11/h4-7,9,14H,8H2,1-3H3,(H2,18,19,22)/t14-/m0/s1. The summed E-state index contributed by atoms with van der Waals surface area (Å²) in [4.78, 5) is 12.5. The van der Waals surface area contributed by atoms with Crippen LogP contribution >= 0.6 is 23.8 Å². The summed E-state index contributed by atoms with van der Waals surface area (Å²) in [6.07, 6.45) is 0. The Morgan fingerprint density at radius 2 is 2.18 bits per heavy atom. The molecular weight excluding hydrogens is 320 g/mol. The average molecular weight is 339 g/mol. The maximum absolute atomic E-state index is 12.5. The third-order valence-corrected chi connectivity index (χ3v) is 3.67. The van der Waals surface area contributed by atoms with Crippen LogP contribution in [0.3, 0.4) is 0 Å². The highest BCUT2D eigenvalue weighted by Gasteiger charge is 2.31. The van der Waals surface area contributed by atoms with Crippen molar-refractivity contribution in [1.29, 1.82) is 0 Å². The number of halogens is 1. The maximum Gasteiger partial charge on any atom is 0.338 e. The van der Waals surface area contributed by atoms with Crippen molar-refractivity contribution in [3.8, 4) is 0 Å². The first kappa shape index (κ1) is 16.8. The fourth-order valence-electron chi connectivity index (χ4n) is 2.22. The molecule has 0 radical (unpaired) electrons. The van der Waals surface area contributed by atoms with E-state index in [9.17, 15) is 4.79 Å². The van der Waals surface area contributed by atoms with Crippen LogP contribution in [-0.2, 0) is 9.53 Å². The fourth-order valence-corrected chi connectivity index (χ4v) is 2.69. The summed E-state index contributed by atoms with van der Waals surface area (Å²) in [6.45, 7) is 6.18. The van der Waals surface area contributed by atoms with Gasteiger partial charge < -0.3 is 15.4 Å². The van der Waals surface area contributed by atoms with E-state index in [1.165, 1.54) is 0 Å². The number of rotatable bonds is 4. The number of nitrogens with one attached hydrogen (secondary N) is 2. The smallest absolute Gasteiger partial charge is 0.338 e. The normalized spacial score (nSPS) is 18.0. The lowest BCUT2D eigenvalue weighted by Gasteiger charge is -2.30. The SMILES string of the molecule is CC1=C(C(=O)OCC(C)C)[C@H](c2cccc(Cl)c2)NC(=S)N1. The van der Waals surface area contributed by atoms with Crippen molar-refractivity contribution in [2.75, 3.05) is 6.61 Å². The van der Waals surface area contributed by atoms with Gasteiger partial charge in [-0.05, 0) is 42.8 Å². The zero-order valence-corrected chi connectivity index (χ0v) is 14.3. The largest absolute Gasteiger partial charge is 0.462 e. The highest BCUT2D eigenvalue weighted by atomic mass is 35.5. The lowest BCUT2D eigenvalue weighted by atomic mass is 9.96. The Labute approximate surface area is 140 Å². The van der Waals surface area contributed by atoms with E-state index in [-0.39, 0.29) is 17.9 Å². The molecule has 0 aromatic heterocycles. The molecular formula is C16H19ClN2O2S. The van der Waals surface area contributed by atoms with Crippen LogP contribution in [0.5, 0.6) is 0 Å². The lowest BCUT2D eigenvalue weighted by Crippen LogP contribution is -2.45. The summed E-state index contributed by atoms with van der Waals surface area (Å²) in [5.41, 5.74) is 2.09. The molecule has 1 aromatic rings. The maximum atomic E-state index is 12.5. The van der Waals surface area contributed by atoms with Gasteiger partial charge in [-0.2, -0.15) is 0 Å². The summed E-state index contributed by atoms with van der Waals surface area (Å²) < 4.78 is 5.38. The topological polar surface area (TPSA) is 50.4 Å². The van der Waals surface area contributed by atoms with Crippen LogP contribution in [0, 0.1) is 5.92 Å². The second-order valence-electron chi connectivity index (χ2n) is 5.62. The number of benzene rings is 1. The van der Waals surface area contributed by atoms with Crippen LogP contribution < -0.4 is 10.6 Å². The Balaban J connectivity index is 2.34. The number of carbonyl (C=O) groups is 1. The molecule has 0 bridgehead atoms. The molecule has 0 spiro atoms. The van der Waals surface area contributed by atoms with E-state index < -0.39 is 0 Å². The number of thiocarbonyl (C=S) groups is 1. The van der Waals surface area contributed by atoms with E-state index in [4.69, 9.17) is 28.6 Å². The van der Waals surface area contributed by atoms with Gasteiger partial charge in [-0.3, -0.25) is 0 Å². The van der Waals surface area contributed by atoms with Gasteiger partial charge in [-0.1, -0.05) is 37.6 Å². The zero-order chi connectivity index (χ0) is 16.3. The molecule has 2 N–H and O–H groups in total. The molecule has 4 nitrogen and oxygen atoms in total. The van der Waals surface area contributed by atoms with Crippen LogP contribution in [0.1, 0.15) is 32.4 Å². The van der Waals surface area contributed by atoms with Crippen molar-refractivity contribution in [2.45, 2.75) is 26.8 Å². The summed E-state index contributed by atoms with van der Waals surface area (Å²) in [6, 6.07) is 6.98. The van der Waals surface area contributed by atoms with Crippen LogP contribution in [-0.4, -0.2) is 17.7 Å². The number of carbonyl (C=O) groups excluding carboxylic acids is 1. The highest BCUT2D eigenvalue weighted by molar-refractivity contribution is 7.80. The van der Waals surface area contributed by atoms with Crippen LogP contribution in [0.15, 0.2) is 35.5 Å². The quantitative estimate of drug-likeness (QED) is 0.651. The van der Waals surface area contributed by atoms with E-state index in [0.717, 1.165) is 5.56 Å². The van der Waals surface area contributed by atoms with Crippen molar-refractivity contribution in [3.63, 3.8) is 0 Å². The molecule has 1 atom stereocenters. The average Bonchev–Trinajstić information content (AvgIpc) is 2.44. The molecule has 1 heterocycles. The first-order chi connectivity index (χ1) is 10.4. The lowest BCUT2D eigenvalue weighted by molar-refractivity contribution is -0.140. The van der Waals surface area contributed by atoms with Crippen molar-refractivity contribution < 1.29 is 9.53 Å². The van der Waals surface area contributed by atoms with Gasteiger partial charge in [0.25, 0.3) is 0 Å². The van der Waals surface area contributed by atoms with E-state index in [1.54, 1.807) is 6.07 Å². The summed E-state index contributed by atoms with van der Waals surface area (Å²) in [5.74, 6) is -0.0706. The predicted molar refractivity (Wildman–Crippen MR) is 91.6 cm³/mol. The minimum Gasteiger partial charge on any atom is -0.462 e. The van der Waals surface area contributed by atoms with Crippen molar-refractivity contribution in [1.82, 2.24) is 10.6 Å². The van der Waals surface area contributed by atoms with Crippen molar-refractivity contribution >= 4 is 34.9 Å². The zero-order valence-electron chi connectivity index (χ0n) is 12.8. The van der Waals surface area contributed by atoms with E-state index >= 15 is 0 Å². The molecule has 0 fully saturated rings. The second kappa shape index (κ2) is 7.11. The Morgan fingerprint density at radius 3 is 2.82 bits per heavy atom. The number of hydrogen-bond acceptors (Lipinski definition) is 3. The van der Waals surface area contributed by atoms with Gasteiger partial charge in [0.1, 0.15) is 0 Å². The summed E-state index contributed by atoms with van der Waals surface area (Å²) >= 11 is 11.3. The molecule has 1 aliphatic rings. The van der Waals surface area contributed by atoms with Gasteiger partial charge in [0.15, 0.2) is 5.11 Å². The number of hydrogen-bond donors (Lipinski definition) is 2. The molecule has 1 aromatic carbocycles. The molecule has 2 rings (SSSR count). The molecule has 0 aliphatic carbocycles. The second-order valence-corrected chi connectivity index (χ2v) is 6.46. The van der Waals surface area contributed by atoms with Crippen LogP contribution in [0.25, 0.3) is 0 Å². The first-order valence-corrected chi connectivity index (χ1v) is 7.88. The van der Waals surface area contributed by atoms with Crippen molar-refractivity contribution in [3.05, 3.63) is 46.1 Å². The third-order valence-electron chi connectivity index (χ3n) is 3.22. The fraction of sp³-hybridized carbons (Fsp3) is 0.375. The van der Waals surface area contributed by atoms with Gasteiger partial charge in [0.2, 0.25) is 0 Å². The Bertz CT molecular complexity index is 628. The molecule has 1 aliphatic heterocycles. The van der Waals surface area contributed by atoms with Gasteiger partial charge in [0, 0.05) is 10.7 Å². The first-order valence-electron chi connectivity index (χ1n) is 7.09. The Morgan fingerprint density at radius 1 is 1.45 bits per heavy atom. The molecule has 0 saturated heterocycles. The van der Waals surface area contributed by atoms with Gasteiger partial charge in [-0.25, -0.2) is 4.79 Å². The Kier molecular flexibility index (Phi) is 5.42. The van der Waals surface area contributed by atoms with E-state index in [1.807, 2.05) is 39.0 Å². The number of ether oxygens (including phenoxy) is 1. The van der Waals surface area contributed by atoms with Crippen molar-refractivity contribution in [2.24, 2.45) is 5.92 Å². The summed E-state index contributed by atoms with van der Waals surface area (Å²) in [7, 11) is 0. The van der Waals surface area contributed by atoms with E-state index in [0.29, 0.717) is 28.0 Å². The summed E-state index contributed by atoms with van der Waals surface area (Å²) in [5, 5.41) is 7.17. The Hall–Kier alpha value is -1.59. The molecule has 0 amide bonds. The monoisotopic (exact) mass is 338 g/mol. The molecule has 118 valence electrons. The predicted octanol–water partition coefficient (Wildman–Crippen LogP) is 3.33. The highest BCUT2D eigenvalue weighted by Crippen LogP contribution is 2.29. The molecule has 22 heavy (non-hydrogen) atoms. The van der Waals surface area contributed by atoms with Gasteiger partial charge in [-0.15, -0.1) is 0 Å².